The van der Waals surface area contributed by atoms with Gasteiger partial charge in [0.1, 0.15) is 70.1 Å². The van der Waals surface area contributed by atoms with E-state index in [9.17, 15) is 61.5 Å². The molecule has 0 unspecified atom stereocenters. The van der Waals surface area contributed by atoms with Crippen molar-refractivity contribution in [2.45, 2.75) is 5.75 Å². The van der Waals surface area contributed by atoms with Gasteiger partial charge >= 0.3 is 0 Å². The molecular formula is C33H11BF22S. The van der Waals surface area contributed by atoms with E-state index < -0.39 is 156 Å². The SMILES string of the molecule is C[S+](C)Cc1ccc(F)cc1F.Fc1c(F)c(F)c([B-](c2c(F)c(F)c(F)c(F)c2F)(c2c(F)c(F)c(F)c(F)c2F)c2c(F)c(F)c(F)c(F)c2F)c(F)c1F. The Hall–Kier alpha value is -5.03. The van der Waals surface area contributed by atoms with Crippen molar-refractivity contribution in [1.82, 2.24) is 0 Å². The van der Waals surface area contributed by atoms with E-state index in [-0.39, 0.29) is 10.9 Å². The first-order chi connectivity index (χ1) is 26.3. The minimum atomic E-state index is -7.22. The molecule has 0 fully saturated rings. The lowest BCUT2D eigenvalue weighted by Crippen LogP contribution is -2.81. The Kier molecular flexibility index (Phi) is 12.6. The van der Waals surface area contributed by atoms with E-state index in [4.69, 9.17) is 0 Å². The van der Waals surface area contributed by atoms with Crippen LogP contribution in [0.1, 0.15) is 5.56 Å². The molecule has 0 nitrogen and oxygen atoms in total. The van der Waals surface area contributed by atoms with Crippen molar-refractivity contribution in [3.05, 3.63) is 152 Å². The molecule has 306 valence electrons. The predicted molar refractivity (Wildman–Crippen MR) is 158 cm³/mol. The van der Waals surface area contributed by atoms with E-state index in [0.29, 0.717) is 11.3 Å². The van der Waals surface area contributed by atoms with E-state index in [2.05, 4.69) is 0 Å². The molecule has 0 bridgehead atoms. The lowest BCUT2D eigenvalue weighted by atomic mass is 9.12. The monoisotopic (exact) mass is 868 g/mol. The molecule has 24 heteroatoms. The van der Waals surface area contributed by atoms with Crippen LogP contribution in [-0.4, -0.2) is 18.7 Å². The molecule has 0 spiro atoms. The van der Waals surface area contributed by atoms with Gasteiger partial charge in [0, 0.05) is 11.6 Å². The van der Waals surface area contributed by atoms with Gasteiger partial charge in [0.15, 0.2) is 69.8 Å². The molecule has 0 atom stereocenters. The molecule has 0 aliphatic carbocycles. The van der Waals surface area contributed by atoms with E-state index in [1.54, 1.807) is 0 Å². The van der Waals surface area contributed by atoms with Crippen molar-refractivity contribution in [3.8, 4) is 0 Å². The minimum absolute atomic E-state index is 0.154. The number of hydrogen-bond donors (Lipinski definition) is 0. The van der Waals surface area contributed by atoms with Crippen LogP contribution in [0.4, 0.5) is 96.6 Å². The second-order valence-corrected chi connectivity index (χ2v) is 13.9. The number of hydrogen-bond acceptors (Lipinski definition) is 0. The zero-order valence-electron chi connectivity index (χ0n) is 27.2. The highest BCUT2D eigenvalue weighted by atomic mass is 32.2. The van der Waals surface area contributed by atoms with Gasteiger partial charge in [0.2, 0.25) is 0 Å². The van der Waals surface area contributed by atoms with Crippen LogP contribution in [-0.2, 0) is 16.6 Å². The molecule has 0 aliphatic rings. The van der Waals surface area contributed by atoms with Crippen LogP contribution in [0.15, 0.2) is 18.2 Å². The van der Waals surface area contributed by atoms with E-state index in [0.717, 1.165) is 6.07 Å². The Morgan fingerprint density at radius 3 is 0.737 bits per heavy atom. The molecule has 0 N–H and O–H groups in total. The molecule has 0 amide bonds. The minimum Gasteiger partial charge on any atom is -0.207 e. The van der Waals surface area contributed by atoms with Crippen LogP contribution in [0.25, 0.3) is 0 Å². The fourth-order valence-corrected chi connectivity index (χ4v) is 6.68. The summed E-state index contributed by atoms with van der Waals surface area (Å²) < 4.78 is 319. The van der Waals surface area contributed by atoms with Crippen molar-refractivity contribution < 1.29 is 96.6 Å². The van der Waals surface area contributed by atoms with Crippen LogP contribution < -0.4 is 21.9 Å². The predicted octanol–water partition coefficient (Wildman–Crippen LogP) is 8.19. The second-order valence-electron chi connectivity index (χ2n) is 11.7. The van der Waals surface area contributed by atoms with Gasteiger partial charge in [-0.15, -0.1) is 21.9 Å². The molecule has 57 heavy (non-hydrogen) atoms. The van der Waals surface area contributed by atoms with E-state index >= 15 is 35.1 Å². The Balaban J connectivity index is 0.000000512. The summed E-state index contributed by atoms with van der Waals surface area (Å²) in [5, 5.41) is 0. The van der Waals surface area contributed by atoms with Crippen LogP contribution in [0.2, 0.25) is 0 Å². The summed E-state index contributed by atoms with van der Waals surface area (Å²) in [5.74, 6) is -71.7. The molecule has 0 aromatic heterocycles. The molecule has 0 radical (unpaired) electrons. The van der Waals surface area contributed by atoms with Gasteiger partial charge in [0.05, 0.1) is 12.5 Å². The molecule has 5 aromatic carbocycles. The third-order valence-electron chi connectivity index (χ3n) is 8.17. The number of halogens is 22. The van der Waals surface area contributed by atoms with E-state index in [1.165, 1.54) is 12.1 Å². The third kappa shape index (κ3) is 7.02. The van der Waals surface area contributed by atoms with Gasteiger partial charge in [-0.05, 0) is 23.0 Å². The van der Waals surface area contributed by atoms with Crippen LogP contribution >= 0.6 is 0 Å². The largest absolute Gasteiger partial charge is 0.207 e. The van der Waals surface area contributed by atoms with Gasteiger partial charge in [-0.25, -0.2) is 96.6 Å². The summed E-state index contributed by atoms with van der Waals surface area (Å²) in [4.78, 5) is 0. The maximum Gasteiger partial charge on any atom is 0.200 e. The average molecular weight is 868 g/mol. The highest BCUT2D eigenvalue weighted by Crippen LogP contribution is 2.30. The third-order valence-corrected chi connectivity index (χ3v) is 9.05. The Bertz CT molecular complexity index is 2070. The van der Waals surface area contributed by atoms with Gasteiger partial charge in [-0.1, -0.05) is 0 Å². The second kappa shape index (κ2) is 16.1. The summed E-state index contributed by atoms with van der Waals surface area (Å²) in [7, 11) is 0.154. The van der Waals surface area contributed by atoms with Crippen molar-refractivity contribution in [1.29, 1.82) is 0 Å². The maximum absolute atomic E-state index is 15.4. The highest BCUT2D eigenvalue weighted by Gasteiger charge is 2.52. The smallest absolute Gasteiger partial charge is 0.200 e. The van der Waals surface area contributed by atoms with Crippen molar-refractivity contribution in [3.63, 3.8) is 0 Å². The molecule has 0 heterocycles. The van der Waals surface area contributed by atoms with Gasteiger partial charge < -0.3 is 0 Å². The summed E-state index contributed by atoms with van der Waals surface area (Å²) in [5.41, 5.74) is -13.7. The Morgan fingerprint density at radius 2 is 0.544 bits per heavy atom. The van der Waals surface area contributed by atoms with Gasteiger partial charge in [0.25, 0.3) is 0 Å². The first-order valence-electron chi connectivity index (χ1n) is 14.5. The number of benzene rings is 5. The lowest BCUT2D eigenvalue weighted by molar-refractivity contribution is 0.378. The molecule has 0 aliphatic heterocycles. The molecule has 0 saturated heterocycles. The lowest BCUT2D eigenvalue weighted by Gasteiger charge is -2.44. The first-order valence-corrected chi connectivity index (χ1v) is 16.7. The molecule has 5 rings (SSSR count). The van der Waals surface area contributed by atoms with Crippen molar-refractivity contribution in [2.75, 3.05) is 12.5 Å². The quantitative estimate of drug-likeness (QED) is 0.0532. The maximum atomic E-state index is 15.4. The van der Waals surface area contributed by atoms with Crippen LogP contribution in [0, 0.1) is 128 Å². The zero-order chi connectivity index (χ0) is 43.5. The summed E-state index contributed by atoms with van der Waals surface area (Å²) in [6.45, 7) is 0. The Labute approximate surface area is 305 Å². The molecule has 0 saturated carbocycles. The van der Waals surface area contributed by atoms with Crippen LogP contribution in [0.3, 0.4) is 0 Å². The van der Waals surface area contributed by atoms with Crippen molar-refractivity contribution >= 4 is 38.9 Å². The fraction of sp³-hybridized carbons (Fsp3) is 0.0909. The van der Waals surface area contributed by atoms with Crippen molar-refractivity contribution in [2.24, 2.45) is 0 Å². The molecule has 5 aromatic rings. The number of rotatable bonds is 6. The summed E-state index contributed by atoms with van der Waals surface area (Å²) >= 11 is 0. The topological polar surface area (TPSA) is 0 Å². The fourth-order valence-electron chi connectivity index (χ4n) is 5.82. The zero-order valence-corrected chi connectivity index (χ0v) is 28.1. The summed E-state index contributed by atoms with van der Waals surface area (Å²) in [6.07, 6.45) is -3.16. The van der Waals surface area contributed by atoms with Gasteiger partial charge in [-0.2, -0.15) is 0 Å². The highest BCUT2D eigenvalue weighted by molar-refractivity contribution is 7.94. The van der Waals surface area contributed by atoms with E-state index in [1.807, 2.05) is 12.5 Å². The van der Waals surface area contributed by atoms with Crippen LogP contribution in [0.5, 0.6) is 0 Å². The Morgan fingerprint density at radius 1 is 0.333 bits per heavy atom. The standard InChI is InChI=1S/C24BF20.C9H11F2S/c26-5-1(6(27)14(35)21(42)13(5)34)25(2-7(28)15(36)22(43)16(37)8(2)29,3-9(30)17(38)23(44)18(39)10(3)31)4-11(32)19(40)24(45)20(41)12(4)33;1-12(2)6-7-3-4-8(10)5-9(7)11/h;3-5H,6H2,1-2H3/q-1;+1. The average Bonchev–Trinajstić information content (AvgIpc) is 3.16. The first kappa shape index (κ1) is 44.7. The summed E-state index contributed by atoms with van der Waals surface area (Å²) in [6, 6.07) is 3.74. The van der Waals surface area contributed by atoms with Gasteiger partial charge in [-0.3, -0.25) is 0 Å². The molecular weight excluding hydrogens is 857 g/mol. The normalized spacial score (nSPS) is 11.7.